The molecule has 1 rings (SSSR count). The van der Waals surface area contributed by atoms with Gasteiger partial charge >= 0.3 is 0 Å². The van der Waals surface area contributed by atoms with Crippen LogP contribution in [-0.2, 0) is 16.6 Å². The molecule has 19 heavy (non-hydrogen) atoms. The first-order chi connectivity index (χ1) is 9.07. The zero-order chi connectivity index (χ0) is 14.1. The van der Waals surface area contributed by atoms with Crippen LogP contribution in [0, 0.1) is 0 Å². The standard InChI is InChI=1S/C14H24N2O2S/c1-3-5-11-19(17,18)16-14-8-6-13(7-9-14)12-15-10-4-2/h6-9,15-16H,3-5,10-12H2,1-2H3. The molecule has 0 amide bonds. The van der Waals surface area contributed by atoms with Gasteiger partial charge in [-0.15, -0.1) is 0 Å². The molecule has 0 atom stereocenters. The first-order valence-electron chi connectivity index (χ1n) is 6.87. The Balaban J connectivity index is 2.52. The summed E-state index contributed by atoms with van der Waals surface area (Å²) in [6.45, 7) is 5.91. The molecule has 4 nitrogen and oxygen atoms in total. The number of hydrogen-bond acceptors (Lipinski definition) is 3. The highest BCUT2D eigenvalue weighted by atomic mass is 32.2. The van der Waals surface area contributed by atoms with Gasteiger partial charge in [0.25, 0.3) is 0 Å². The van der Waals surface area contributed by atoms with Crippen LogP contribution in [0.4, 0.5) is 5.69 Å². The molecule has 0 saturated carbocycles. The largest absolute Gasteiger partial charge is 0.313 e. The maximum absolute atomic E-state index is 11.7. The summed E-state index contributed by atoms with van der Waals surface area (Å²) in [5, 5.41) is 3.31. The van der Waals surface area contributed by atoms with Crippen LogP contribution in [0.25, 0.3) is 0 Å². The van der Waals surface area contributed by atoms with E-state index in [-0.39, 0.29) is 5.75 Å². The summed E-state index contributed by atoms with van der Waals surface area (Å²) < 4.78 is 26.1. The molecule has 0 spiro atoms. The Hall–Kier alpha value is -1.07. The minimum Gasteiger partial charge on any atom is -0.313 e. The van der Waals surface area contributed by atoms with Crippen molar-refractivity contribution in [1.29, 1.82) is 0 Å². The number of unbranched alkanes of at least 4 members (excludes halogenated alkanes) is 1. The summed E-state index contributed by atoms with van der Waals surface area (Å²) >= 11 is 0. The zero-order valence-corrected chi connectivity index (χ0v) is 12.6. The second-order valence-corrected chi connectivity index (χ2v) is 6.49. The van der Waals surface area contributed by atoms with Crippen LogP contribution in [0.3, 0.4) is 0 Å². The minimum atomic E-state index is -3.20. The van der Waals surface area contributed by atoms with Crippen LogP contribution < -0.4 is 10.0 Å². The van der Waals surface area contributed by atoms with Gasteiger partial charge in [-0.2, -0.15) is 0 Å². The van der Waals surface area contributed by atoms with Crippen molar-refractivity contribution in [3.63, 3.8) is 0 Å². The highest BCUT2D eigenvalue weighted by molar-refractivity contribution is 7.92. The van der Waals surface area contributed by atoms with E-state index in [2.05, 4.69) is 17.0 Å². The molecule has 0 unspecified atom stereocenters. The van der Waals surface area contributed by atoms with Crippen molar-refractivity contribution in [2.75, 3.05) is 17.0 Å². The van der Waals surface area contributed by atoms with Gasteiger partial charge in [0.2, 0.25) is 10.0 Å². The summed E-state index contributed by atoms with van der Waals surface area (Å²) in [6.07, 6.45) is 2.67. The van der Waals surface area contributed by atoms with Crippen molar-refractivity contribution in [2.24, 2.45) is 0 Å². The third-order valence-corrected chi connectivity index (χ3v) is 4.12. The van der Waals surface area contributed by atoms with Gasteiger partial charge in [0, 0.05) is 12.2 Å². The summed E-state index contributed by atoms with van der Waals surface area (Å²) in [6, 6.07) is 7.51. The lowest BCUT2D eigenvalue weighted by molar-refractivity contribution is 0.598. The molecule has 1 aromatic rings. The molecular formula is C14H24N2O2S. The fourth-order valence-corrected chi connectivity index (χ4v) is 2.93. The predicted octanol–water partition coefficient (Wildman–Crippen LogP) is 2.73. The van der Waals surface area contributed by atoms with E-state index in [1.165, 1.54) is 0 Å². The van der Waals surface area contributed by atoms with Crippen LogP contribution in [0.15, 0.2) is 24.3 Å². The lowest BCUT2D eigenvalue weighted by Crippen LogP contribution is -2.17. The molecule has 0 heterocycles. The second kappa shape index (κ2) is 8.17. The van der Waals surface area contributed by atoms with E-state index >= 15 is 0 Å². The van der Waals surface area contributed by atoms with E-state index in [0.29, 0.717) is 12.1 Å². The lowest BCUT2D eigenvalue weighted by Gasteiger charge is -2.08. The van der Waals surface area contributed by atoms with Crippen LogP contribution in [-0.4, -0.2) is 20.7 Å². The normalized spacial score (nSPS) is 11.5. The van der Waals surface area contributed by atoms with Gasteiger partial charge in [0.05, 0.1) is 5.75 Å². The van der Waals surface area contributed by atoms with E-state index in [0.717, 1.165) is 31.5 Å². The van der Waals surface area contributed by atoms with Gasteiger partial charge in [0.15, 0.2) is 0 Å². The van der Waals surface area contributed by atoms with Gasteiger partial charge in [-0.25, -0.2) is 8.42 Å². The third-order valence-electron chi connectivity index (χ3n) is 2.75. The van der Waals surface area contributed by atoms with Crippen LogP contribution in [0.5, 0.6) is 0 Å². The number of hydrogen-bond donors (Lipinski definition) is 2. The number of rotatable bonds is 9. The fraction of sp³-hybridized carbons (Fsp3) is 0.571. The summed E-state index contributed by atoms with van der Waals surface area (Å²) in [5.74, 6) is 0.184. The average molecular weight is 284 g/mol. The smallest absolute Gasteiger partial charge is 0.232 e. The monoisotopic (exact) mass is 284 g/mol. The van der Waals surface area contributed by atoms with Crippen molar-refractivity contribution < 1.29 is 8.42 Å². The Morgan fingerprint density at radius 1 is 1.05 bits per heavy atom. The molecule has 0 saturated heterocycles. The van der Waals surface area contributed by atoms with Crippen molar-refractivity contribution in [1.82, 2.24) is 5.32 Å². The van der Waals surface area contributed by atoms with E-state index in [1.807, 2.05) is 31.2 Å². The summed E-state index contributed by atoms with van der Waals surface area (Å²) in [7, 11) is -3.20. The molecule has 0 radical (unpaired) electrons. The van der Waals surface area contributed by atoms with Crippen LogP contribution >= 0.6 is 0 Å². The first kappa shape index (κ1) is 16.0. The molecule has 0 bridgehead atoms. The van der Waals surface area contributed by atoms with Gasteiger partial charge in [-0.05, 0) is 37.1 Å². The molecule has 108 valence electrons. The first-order valence-corrected chi connectivity index (χ1v) is 8.52. The Morgan fingerprint density at radius 2 is 1.74 bits per heavy atom. The number of sulfonamides is 1. The van der Waals surface area contributed by atoms with Crippen molar-refractivity contribution in [3.05, 3.63) is 29.8 Å². The van der Waals surface area contributed by atoms with Gasteiger partial charge in [0.1, 0.15) is 0 Å². The molecule has 0 aliphatic rings. The van der Waals surface area contributed by atoms with E-state index in [9.17, 15) is 8.42 Å². The quantitative estimate of drug-likeness (QED) is 0.686. The number of benzene rings is 1. The highest BCUT2D eigenvalue weighted by Crippen LogP contribution is 2.12. The van der Waals surface area contributed by atoms with E-state index in [4.69, 9.17) is 0 Å². The summed E-state index contributed by atoms with van der Waals surface area (Å²) in [4.78, 5) is 0. The number of nitrogens with one attached hydrogen (secondary N) is 2. The summed E-state index contributed by atoms with van der Waals surface area (Å²) in [5.41, 5.74) is 1.79. The fourth-order valence-electron chi connectivity index (χ4n) is 1.67. The maximum atomic E-state index is 11.7. The third kappa shape index (κ3) is 6.59. The molecule has 5 heteroatoms. The van der Waals surface area contributed by atoms with Crippen molar-refractivity contribution in [3.8, 4) is 0 Å². The predicted molar refractivity (Wildman–Crippen MR) is 80.8 cm³/mol. The molecular weight excluding hydrogens is 260 g/mol. The molecule has 0 aliphatic heterocycles. The lowest BCUT2D eigenvalue weighted by atomic mass is 10.2. The zero-order valence-electron chi connectivity index (χ0n) is 11.8. The molecule has 2 N–H and O–H groups in total. The Kier molecular flexibility index (Phi) is 6.87. The maximum Gasteiger partial charge on any atom is 0.232 e. The van der Waals surface area contributed by atoms with Crippen LogP contribution in [0.2, 0.25) is 0 Å². The molecule has 0 aromatic heterocycles. The average Bonchev–Trinajstić information content (AvgIpc) is 2.38. The topological polar surface area (TPSA) is 58.2 Å². The Morgan fingerprint density at radius 3 is 2.32 bits per heavy atom. The van der Waals surface area contributed by atoms with Crippen molar-refractivity contribution >= 4 is 15.7 Å². The minimum absolute atomic E-state index is 0.184. The SMILES string of the molecule is CCCCS(=O)(=O)Nc1ccc(CNCCC)cc1. The number of anilines is 1. The Labute approximate surface area is 116 Å². The second-order valence-electron chi connectivity index (χ2n) is 4.65. The van der Waals surface area contributed by atoms with Crippen LogP contribution in [0.1, 0.15) is 38.7 Å². The van der Waals surface area contributed by atoms with Gasteiger partial charge in [-0.1, -0.05) is 32.4 Å². The molecule has 1 aromatic carbocycles. The van der Waals surface area contributed by atoms with Gasteiger partial charge in [-0.3, -0.25) is 4.72 Å². The van der Waals surface area contributed by atoms with E-state index < -0.39 is 10.0 Å². The molecule has 0 aliphatic carbocycles. The van der Waals surface area contributed by atoms with E-state index in [1.54, 1.807) is 0 Å². The van der Waals surface area contributed by atoms with Gasteiger partial charge < -0.3 is 5.32 Å². The molecule has 0 fully saturated rings. The van der Waals surface area contributed by atoms with Crippen molar-refractivity contribution in [2.45, 2.75) is 39.7 Å². The highest BCUT2D eigenvalue weighted by Gasteiger charge is 2.09. The Bertz CT molecular complexity index is 455.